The van der Waals surface area contributed by atoms with E-state index in [9.17, 15) is 0 Å². The van der Waals surface area contributed by atoms with Gasteiger partial charge in [0.2, 0.25) is 0 Å². The van der Waals surface area contributed by atoms with Gasteiger partial charge in [-0.2, -0.15) is 0 Å². The van der Waals surface area contributed by atoms with Gasteiger partial charge in [0, 0.05) is 50.1 Å². The summed E-state index contributed by atoms with van der Waals surface area (Å²) in [6.07, 6.45) is 0. The van der Waals surface area contributed by atoms with Crippen LogP contribution in [0.2, 0.25) is 0 Å². The highest BCUT2D eigenvalue weighted by atomic mass is 16.3. The van der Waals surface area contributed by atoms with Crippen molar-refractivity contribution in [3.8, 4) is 5.69 Å². The quantitative estimate of drug-likeness (QED) is 0.204. The number of furan rings is 2. The molecular weight excluding hydrogens is 564 g/mol. The second kappa shape index (κ2) is 9.62. The lowest BCUT2D eigenvalue weighted by Crippen LogP contribution is -2.10. The third-order valence-electron chi connectivity index (χ3n) is 9.17. The second-order valence-corrected chi connectivity index (χ2v) is 11.8. The fraction of sp³-hybridized carbons (Fsp3) is 0. The van der Waals surface area contributed by atoms with Crippen molar-refractivity contribution >= 4 is 82.7 Å². The molecule has 7 aromatic carbocycles. The normalized spacial score (nSPS) is 11.9. The Hall–Kier alpha value is -6.26. The summed E-state index contributed by atoms with van der Waals surface area (Å²) < 4.78 is 15.1. The molecule has 3 heterocycles. The maximum Gasteiger partial charge on any atom is 0.137 e. The van der Waals surface area contributed by atoms with E-state index in [1.807, 2.05) is 24.3 Å². The van der Waals surface area contributed by atoms with Gasteiger partial charge in [-0.15, -0.1) is 0 Å². The minimum Gasteiger partial charge on any atom is -0.456 e. The first-order chi connectivity index (χ1) is 22.8. The largest absolute Gasteiger partial charge is 0.456 e. The first kappa shape index (κ1) is 25.1. The van der Waals surface area contributed by atoms with Gasteiger partial charge in [-0.1, -0.05) is 78.9 Å². The zero-order valence-corrected chi connectivity index (χ0v) is 24.7. The van der Waals surface area contributed by atoms with E-state index >= 15 is 0 Å². The number of para-hydroxylation sites is 4. The zero-order chi connectivity index (χ0) is 30.2. The number of fused-ring (bicyclic) bond motifs is 9. The van der Waals surface area contributed by atoms with Crippen LogP contribution in [0.5, 0.6) is 0 Å². The van der Waals surface area contributed by atoms with Gasteiger partial charge in [-0.05, 0) is 72.8 Å². The molecular formula is C42H26N2O2. The molecule has 0 N–H and O–H groups in total. The fourth-order valence-corrected chi connectivity index (χ4v) is 7.18. The molecule has 0 amide bonds. The van der Waals surface area contributed by atoms with E-state index in [2.05, 4.69) is 143 Å². The topological polar surface area (TPSA) is 34.5 Å². The average Bonchev–Trinajstić information content (AvgIpc) is 3.78. The van der Waals surface area contributed by atoms with Gasteiger partial charge in [-0.25, -0.2) is 0 Å². The molecule has 10 aromatic rings. The molecule has 0 saturated carbocycles. The summed E-state index contributed by atoms with van der Waals surface area (Å²) in [5, 5.41) is 6.79. The Bertz CT molecular complexity index is 2770. The van der Waals surface area contributed by atoms with E-state index in [0.717, 1.165) is 72.1 Å². The summed E-state index contributed by atoms with van der Waals surface area (Å²) >= 11 is 0. The van der Waals surface area contributed by atoms with E-state index < -0.39 is 0 Å². The van der Waals surface area contributed by atoms with Gasteiger partial charge in [0.05, 0.1) is 22.1 Å². The Labute approximate surface area is 263 Å². The molecule has 0 fully saturated rings. The summed E-state index contributed by atoms with van der Waals surface area (Å²) in [6, 6.07) is 55.4. The minimum atomic E-state index is 0.856. The van der Waals surface area contributed by atoms with Crippen LogP contribution in [-0.4, -0.2) is 4.57 Å². The maximum absolute atomic E-state index is 6.39. The smallest absolute Gasteiger partial charge is 0.137 e. The van der Waals surface area contributed by atoms with E-state index in [4.69, 9.17) is 8.83 Å². The first-order valence-electron chi connectivity index (χ1n) is 15.5. The van der Waals surface area contributed by atoms with Gasteiger partial charge in [0.25, 0.3) is 0 Å². The number of aromatic nitrogens is 1. The molecule has 0 aliphatic heterocycles. The Morgan fingerprint density at radius 3 is 1.87 bits per heavy atom. The molecule has 0 atom stereocenters. The second-order valence-electron chi connectivity index (χ2n) is 11.8. The summed E-state index contributed by atoms with van der Waals surface area (Å²) in [7, 11) is 0. The Kier molecular flexibility index (Phi) is 5.25. The molecule has 10 rings (SSSR count). The molecule has 216 valence electrons. The monoisotopic (exact) mass is 590 g/mol. The Morgan fingerprint density at radius 2 is 1.00 bits per heavy atom. The van der Waals surface area contributed by atoms with Crippen LogP contribution < -0.4 is 4.90 Å². The van der Waals surface area contributed by atoms with Crippen molar-refractivity contribution in [1.29, 1.82) is 0 Å². The minimum absolute atomic E-state index is 0.856. The van der Waals surface area contributed by atoms with E-state index in [-0.39, 0.29) is 0 Å². The summed E-state index contributed by atoms with van der Waals surface area (Å²) in [5.41, 5.74) is 10.1. The van der Waals surface area contributed by atoms with Crippen molar-refractivity contribution in [1.82, 2.24) is 4.57 Å². The highest BCUT2D eigenvalue weighted by Gasteiger charge is 2.22. The average molecular weight is 591 g/mol. The van der Waals surface area contributed by atoms with Crippen LogP contribution in [0.25, 0.3) is 71.4 Å². The summed E-state index contributed by atoms with van der Waals surface area (Å²) in [4.78, 5) is 2.34. The third kappa shape index (κ3) is 3.61. The molecule has 0 aliphatic rings. The fourth-order valence-electron chi connectivity index (χ4n) is 7.18. The van der Waals surface area contributed by atoms with Crippen molar-refractivity contribution in [3.63, 3.8) is 0 Å². The van der Waals surface area contributed by atoms with Crippen LogP contribution in [0.1, 0.15) is 0 Å². The molecule has 0 bridgehead atoms. The Balaban J connectivity index is 1.28. The van der Waals surface area contributed by atoms with Crippen molar-refractivity contribution in [2.45, 2.75) is 0 Å². The van der Waals surface area contributed by atoms with Crippen LogP contribution in [0.15, 0.2) is 167 Å². The SMILES string of the molecule is c1ccc(-n2c3ccccc3c3cc(N(c4ccc5c(c4)oc4ccccc45)c4cccc5oc6ccccc6c45)ccc32)cc1. The molecule has 3 aromatic heterocycles. The number of hydrogen-bond acceptors (Lipinski definition) is 3. The lowest BCUT2D eigenvalue weighted by atomic mass is 10.1. The van der Waals surface area contributed by atoms with E-state index in [1.165, 1.54) is 16.3 Å². The maximum atomic E-state index is 6.39. The van der Waals surface area contributed by atoms with Gasteiger partial charge in [0.1, 0.15) is 22.3 Å². The third-order valence-corrected chi connectivity index (χ3v) is 9.17. The van der Waals surface area contributed by atoms with Crippen LogP contribution in [0, 0.1) is 0 Å². The molecule has 46 heavy (non-hydrogen) atoms. The standard InChI is InChI=1S/C42H26N2O2/c1-2-11-27(12-3-1)44-35-16-7-4-13-30(35)34-25-28(22-24-36(34)44)43(29-21-23-32-31-14-5-8-18-38(31)46-41(32)26-29)37-17-10-20-40-42(37)33-15-6-9-19-39(33)45-40/h1-26H. The van der Waals surface area contributed by atoms with Crippen LogP contribution in [0.3, 0.4) is 0 Å². The highest BCUT2D eigenvalue weighted by molar-refractivity contribution is 6.15. The molecule has 4 heteroatoms. The zero-order valence-electron chi connectivity index (χ0n) is 24.7. The molecule has 0 radical (unpaired) electrons. The van der Waals surface area contributed by atoms with Crippen molar-refractivity contribution in [2.75, 3.05) is 4.90 Å². The van der Waals surface area contributed by atoms with Gasteiger partial charge >= 0.3 is 0 Å². The van der Waals surface area contributed by atoms with Crippen molar-refractivity contribution in [2.24, 2.45) is 0 Å². The highest BCUT2D eigenvalue weighted by Crippen LogP contribution is 2.45. The van der Waals surface area contributed by atoms with E-state index in [1.54, 1.807) is 0 Å². The number of rotatable bonds is 4. The molecule has 0 unspecified atom stereocenters. The van der Waals surface area contributed by atoms with Gasteiger partial charge in [-0.3, -0.25) is 0 Å². The molecule has 4 nitrogen and oxygen atoms in total. The van der Waals surface area contributed by atoms with Crippen molar-refractivity contribution in [3.05, 3.63) is 158 Å². The molecule has 0 saturated heterocycles. The molecule has 0 spiro atoms. The predicted octanol–water partition coefficient (Wildman–Crippen LogP) is 12.1. The summed E-state index contributed by atoms with van der Waals surface area (Å²) in [5.74, 6) is 0. The van der Waals surface area contributed by atoms with E-state index in [0.29, 0.717) is 0 Å². The number of benzene rings is 7. The first-order valence-corrected chi connectivity index (χ1v) is 15.5. The van der Waals surface area contributed by atoms with Gasteiger partial charge in [0.15, 0.2) is 0 Å². The van der Waals surface area contributed by atoms with Gasteiger partial charge < -0.3 is 18.3 Å². The molecule has 0 aliphatic carbocycles. The summed E-state index contributed by atoms with van der Waals surface area (Å²) in [6.45, 7) is 0. The number of nitrogens with zero attached hydrogens (tertiary/aromatic N) is 2. The lowest BCUT2D eigenvalue weighted by Gasteiger charge is -2.26. The number of hydrogen-bond donors (Lipinski definition) is 0. The number of anilines is 3. The van der Waals surface area contributed by atoms with Crippen LogP contribution >= 0.6 is 0 Å². The van der Waals surface area contributed by atoms with Crippen LogP contribution in [0.4, 0.5) is 17.1 Å². The Morgan fingerprint density at radius 1 is 0.391 bits per heavy atom. The lowest BCUT2D eigenvalue weighted by molar-refractivity contribution is 0.669. The van der Waals surface area contributed by atoms with Crippen LogP contribution in [-0.2, 0) is 0 Å². The predicted molar refractivity (Wildman–Crippen MR) is 190 cm³/mol. The van der Waals surface area contributed by atoms with Crippen molar-refractivity contribution < 1.29 is 8.83 Å².